The minimum atomic E-state index is -0.857. The van der Waals surface area contributed by atoms with Gasteiger partial charge in [-0.15, -0.1) is 0 Å². The first-order valence-electron chi connectivity index (χ1n) is 10.2. The molecule has 158 valence electrons. The van der Waals surface area contributed by atoms with Crippen molar-refractivity contribution in [2.45, 2.75) is 83.8 Å². The van der Waals surface area contributed by atoms with Crippen LogP contribution in [-0.2, 0) is 4.79 Å². The van der Waals surface area contributed by atoms with Gasteiger partial charge in [-0.3, -0.25) is 4.79 Å². The third-order valence-electron chi connectivity index (χ3n) is 4.23. The van der Waals surface area contributed by atoms with Gasteiger partial charge >= 0.3 is 0 Å². The fourth-order valence-electron chi connectivity index (χ4n) is 2.66. The number of hydrogen-bond acceptors (Lipinski definition) is 4. The predicted octanol–water partition coefficient (Wildman–Crippen LogP) is 4.01. The van der Waals surface area contributed by atoms with Crippen LogP contribution in [0.2, 0.25) is 0 Å². The average molecular weight is 392 g/mol. The van der Waals surface area contributed by atoms with E-state index >= 15 is 0 Å². The van der Waals surface area contributed by atoms with Crippen molar-refractivity contribution < 1.29 is 20.1 Å². The highest BCUT2D eigenvalue weighted by Crippen LogP contribution is 2.16. The molecule has 1 aromatic carbocycles. The number of carboxylic acid groups (broad SMARTS) is 1. The van der Waals surface area contributed by atoms with Gasteiger partial charge in [-0.1, -0.05) is 75.8 Å². The highest BCUT2D eigenvalue weighted by atomic mass is 16.4. The van der Waals surface area contributed by atoms with E-state index in [0.29, 0.717) is 5.56 Å². The maximum absolute atomic E-state index is 10.0. The smallest absolute Gasteiger partial charge is 0.300 e. The van der Waals surface area contributed by atoms with Crippen molar-refractivity contribution in [1.29, 1.82) is 0 Å². The molecule has 2 atom stereocenters. The maximum atomic E-state index is 10.0. The number of aliphatic hydroxyl groups excluding tert-OH is 2. The zero-order chi connectivity index (χ0) is 21.2. The summed E-state index contributed by atoms with van der Waals surface area (Å²) in [6, 6.07) is 6.79. The van der Waals surface area contributed by atoms with Crippen molar-refractivity contribution in [3.63, 3.8) is 0 Å². The van der Waals surface area contributed by atoms with Crippen LogP contribution in [0.1, 0.15) is 88.9 Å². The number of benzene rings is 1. The van der Waals surface area contributed by atoms with Gasteiger partial charge in [-0.2, -0.15) is 0 Å². The highest BCUT2D eigenvalue weighted by molar-refractivity contribution is 5.62. The minimum absolute atomic E-state index is 0.241. The van der Waals surface area contributed by atoms with Crippen LogP contribution in [0, 0.1) is 11.8 Å². The molecule has 0 spiro atoms. The summed E-state index contributed by atoms with van der Waals surface area (Å²) in [6.07, 6.45) is 10.5. The molecule has 2 unspecified atom stereocenters. The van der Waals surface area contributed by atoms with E-state index in [0.717, 1.165) is 25.3 Å². The summed E-state index contributed by atoms with van der Waals surface area (Å²) >= 11 is 0. The number of unbranched alkanes of at least 4 members (excludes halogenated alkanes) is 8. The third-order valence-corrected chi connectivity index (χ3v) is 4.23. The summed E-state index contributed by atoms with van der Waals surface area (Å²) in [5.74, 6) is 5.53. The lowest BCUT2D eigenvalue weighted by Gasteiger charge is -2.16. The number of hydrogen-bond donors (Lipinski definition) is 4. The van der Waals surface area contributed by atoms with E-state index < -0.39 is 18.1 Å². The second-order valence-corrected chi connectivity index (χ2v) is 6.96. The van der Waals surface area contributed by atoms with Crippen LogP contribution < -0.4 is 5.73 Å². The monoisotopic (exact) mass is 391 g/mol. The first-order valence-corrected chi connectivity index (χ1v) is 10.2. The quantitative estimate of drug-likeness (QED) is 0.337. The van der Waals surface area contributed by atoms with Gasteiger partial charge in [0.2, 0.25) is 0 Å². The molecule has 1 aromatic rings. The Balaban J connectivity index is 0.00000165. The van der Waals surface area contributed by atoms with E-state index in [1.54, 1.807) is 0 Å². The van der Waals surface area contributed by atoms with Gasteiger partial charge in [0.05, 0.1) is 18.8 Å². The van der Waals surface area contributed by atoms with E-state index in [4.69, 9.17) is 20.7 Å². The molecule has 5 N–H and O–H groups in total. The number of aliphatic carboxylic acids is 1. The number of rotatable bonds is 11. The topological polar surface area (TPSA) is 104 Å². The Morgan fingerprint density at radius 2 is 1.68 bits per heavy atom. The highest BCUT2D eigenvalue weighted by Gasteiger charge is 2.15. The molecule has 0 aliphatic carbocycles. The fourth-order valence-corrected chi connectivity index (χ4v) is 2.66. The molecular weight excluding hydrogens is 354 g/mol. The first-order chi connectivity index (χ1) is 13.4. The molecule has 0 bridgehead atoms. The van der Waals surface area contributed by atoms with Crippen molar-refractivity contribution in [1.82, 2.24) is 0 Å². The van der Waals surface area contributed by atoms with Crippen molar-refractivity contribution in [3.8, 4) is 11.8 Å². The summed E-state index contributed by atoms with van der Waals surface area (Å²) < 4.78 is 0. The van der Waals surface area contributed by atoms with Crippen LogP contribution in [0.5, 0.6) is 0 Å². The third kappa shape index (κ3) is 14.2. The molecule has 0 aliphatic rings. The summed E-state index contributed by atoms with van der Waals surface area (Å²) in [5.41, 5.74) is 7.26. The molecule has 0 saturated carbocycles. The summed E-state index contributed by atoms with van der Waals surface area (Å²) in [6.45, 7) is 3.09. The van der Waals surface area contributed by atoms with Crippen LogP contribution >= 0.6 is 0 Å². The van der Waals surface area contributed by atoms with Gasteiger partial charge < -0.3 is 21.1 Å². The number of carboxylic acids is 1. The number of carbonyl (C=O) groups is 1. The van der Waals surface area contributed by atoms with Gasteiger partial charge in [-0.25, -0.2) is 0 Å². The lowest BCUT2D eigenvalue weighted by Crippen LogP contribution is -2.31. The molecule has 0 amide bonds. The average Bonchev–Trinajstić information content (AvgIpc) is 2.68. The van der Waals surface area contributed by atoms with Crippen LogP contribution in [0.15, 0.2) is 24.3 Å². The molecule has 0 radical (unpaired) electrons. The second-order valence-electron chi connectivity index (χ2n) is 6.96. The fraction of sp³-hybridized carbons (Fsp3) is 0.609. The Labute approximate surface area is 170 Å². The zero-order valence-corrected chi connectivity index (χ0v) is 17.4. The largest absolute Gasteiger partial charge is 0.481 e. The Morgan fingerprint density at radius 3 is 2.25 bits per heavy atom. The summed E-state index contributed by atoms with van der Waals surface area (Å²) in [4.78, 5) is 9.00. The molecule has 0 heterocycles. The molecule has 1 rings (SSSR count). The normalized spacial score (nSPS) is 12.2. The standard InChI is InChI=1S/C21H33NO2.C2H4O2/c1-2-3-4-5-6-7-8-9-10-11-13-18-14-12-15-19(16-18)21(24)20(22)17-23;1-2(3)4/h12,14-16,20-21,23-24H,2-10,17,22H2,1H3;1H3,(H,3,4). The molecule has 0 aliphatic heterocycles. The van der Waals surface area contributed by atoms with Crippen LogP contribution in [0.3, 0.4) is 0 Å². The molecule has 0 saturated heterocycles. The van der Waals surface area contributed by atoms with Gasteiger partial charge in [0, 0.05) is 18.9 Å². The van der Waals surface area contributed by atoms with Gasteiger partial charge in [0.1, 0.15) is 0 Å². The SMILES string of the molecule is CC(=O)O.CCCCCCCCCCC#Cc1cccc(C(O)C(N)CO)c1. The Bertz CT molecular complexity index is 588. The molecular formula is C23H37NO4. The Hall–Kier alpha value is -1.87. The molecule has 5 heteroatoms. The van der Waals surface area contributed by atoms with Crippen LogP contribution in [0.4, 0.5) is 0 Å². The number of aliphatic hydroxyl groups is 2. The zero-order valence-electron chi connectivity index (χ0n) is 17.4. The van der Waals surface area contributed by atoms with Crippen molar-refractivity contribution >= 4 is 5.97 Å². The minimum Gasteiger partial charge on any atom is -0.481 e. The summed E-state index contributed by atoms with van der Waals surface area (Å²) in [7, 11) is 0. The van der Waals surface area contributed by atoms with Crippen LogP contribution in [-0.4, -0.2) is 33.9 Å². The molecule has 0 fully saturated rings. The lowest BCUT2D eigenvalue weighted by molar-refractivity contribution is -0.134. The molecule has 5 nitrogen and oxygen atoms in total. The lowest BCUT2D eigenvalue weighted by atomic mass is 10.0. The van der Waals surface area contributed by atoms with E-state index in [-0.39, 0.29) is 6.61 Å². The Kier molecular flexibility index (Phi) is 16.1. The Morgan fingerprint density at radius 1 is 1.11 bits per heavy atom. The second kappa shape index (κ2) is 17.2. The summed E-state index contributed by atoms with van der Waals surface area (Å²) in [5, 5.41) is 26.5. The van der Waals surface area contributed by atoms with E-state index in [2.05, 4.69) is 18.8 Å². The van der Waals surface area contributed by atoms with Crippen LogP contribution in [0.25, 0.3) is 0 Å². The van der Waals surface area contributed by atoms with Gasteiger partial charge in [-0.05, 0) is 24.1 Å². The van der Waals surface area contributed by atoms with Crippen molar-refractivity contribution in [2.24, 2.45) is 5.73 Å². The van der Waals surface area contributed by atoms with Crippen molar-refractivity contribution in [2.75, 3.05) is 6.61 Å². The maximum Gasteiger partial charge on any atom is 0.300 e. The van der Waals surface area contributed by atoms with E-state index in [1.807, 2.05) is 24.3 Å². The molecule has 0 aromatic heterocycles. The van der Waals surface area contributed by atoms with Crippen molar-refractivity contribution in [3.05, 3.63) is 35.4 Å². The van der Waals surface area contributed by atoms with Gasteiger partial charge in [0.25, 0.3) is 5.97 Å². The first kappa shape index (κ1) is 26.1. The number of nitrogens with two attached hydrogens (primary N) is 1. The van der Waals surface area contributed by atoms with Gasteiger partial charge in [0.15, 0.2) is 0 Å². The van der Waals surface area contributed by atoms with E-state index in [9.17, 15) is 5.11 Å². The van der Waals surface area contributed by atoms with E-state index in [1.165, 1.54) is 44.9 Å². The predicted molar refractivity (Wildman–Crippen MR) is 114 cm³/mol. The molecule has 28 heavy (non-hydrogen) atoms.